The SMILES string of the molecule is CCN(CC)CCS(=O)(=O)c1ccccc1F. The summed E-state index contributed by atoms with van der Waals surface area (Å²) in [6.07, 6.45) is 0. The van der Waals surface area contributed by atoms with Gasteiger partial charge in [0.1, 0.15) is 10.7 Å². The van der Waals surface area contributed by atoms with Crippen LogP contribution in [0.5, 0.6) is 0 Å². The molecular formula is C12H18FNO2S. The molecule has 0 aliphatic carbocycles. The number of sulfone groups is 1. The lowest BCUT2D eigenvalue weighted by molar-refractivity contribution is 0.321. The van der Waals surface area contributed by atoms with Gasteiger partial charge in [-0.1, -0.05) is 26.0 Å². The second-order valence-electron chi connectivity index (χ2n) is 3.78. The van der Waals surface area contributed by atoms with Crippen molar-refractivity contribution in [2.75, 3.05) is 25.4 Å². The molecule has 0 saturated carbocycles. The van der Waals surface area contributed by atoms with Crippen LogP contribution in [-0.4, -0.2) is 38.7 Å². The molecule has 0 aliphatic rings. The number of benzene rings is 1. The molecule has 0 saturated heterocycles. The van der Waals surface area contributed by atoms with Crippen molar-refractivity contribution < 1.29 is 12.8 Å². The van der Waals surface area contributed by atoms with E-state index in [1.807, 2.05) is 18.7 Å². The average Bonchev–Trinajstić information content (AvgIpc) is 2.30. The van der Waals surface area contributed by atoms with E-state index < -0.39 is 15.7 Å². The smallest absolute Gasteiger partial charge is 0.182 e. The minimum atomic E-state index is -3.52. The van der Waals surface area contributed by atoms with E-state index in [2.05, 4.69) is 0 Å². The van der Waals surface area contributed by atoms with Gasteiger partial charge in [0, 0.05) is 6.54 Å². The van der Waals surface area contributed by atoms with Crippen LogP contribution >= 0.6 is 0 Å². The van der Waals surface area contributed by atoms with Crippen molar-refractivity contribution >= 4 is 9.84 Å². The lowest BCUT2D eigenvalue weighted by Gasteiger charge is -2.17. The summed E-state index contributed by atoms with van der Waals surface area (Å²) in [5.74, 6) is -0.720. The van der Waals surface area contributed by atoms with Crippen LogP contribution in [0.2, 0.25) is 0 Å². The van der Waals surface area contributed by atoms with Gasteiger partial charge < -0.3 is 4.90 Å². The fourth-order valence-electron chi connectivity index (χ4n) is 1.60. The van der Waals surface area contributed by atoms with E-state index in [0.717, 1.165) is 13.1 Å². The Morgan fingerprint density at radius 2 is 1.76 bits per heavy atom. The van der Waals surface area contributed by atoms with Crippen molar-refractivity contribution in [1.29, 1.82) is 0 Å². The predicted molar refractivity (Wildman–Crippen MR) is 66.2 cm³/mol. The molecule has 0 atom stereocenters. The molecule has 3 nitrogen and oxygen atoms in total. The average molecular weight is 259 g/mol. The molecule has 1 rings (SSSR count). The van der Waals surface area contributed by atoms with Gasteiger partial charge in [-0.05, 0) is 25.2 Å². The number of hydrogen-bond donors (Lipinski definition) is 0. The van der Waals surface area contributed by atoms with Crippen molar-refractivity contribution in [1.82, 2.24) is 4.90 Å². The molecule has 1 aromatic carbocycles. The van der Waals surface area contributed by atoms with Crippen molar-refractivity contribution in [2.45, 2.75) is 18.7 Å². The third kappa shape index (κ3) is 3.78. The Hall–Kier alpha value is -0.940. The van der Waals surface area contributed by atoms with Crippen LogP contribution in [-0.2, 0) is 9.84 Å². The second kappa shape index (κ2) is 6.12. The van der Waals surface area contributed by atoms with Gasteiger partial charge in [0.15, 0.2) is 9.84 Å². The topological polar surface area (TPSA) is 37.4 Å². The van der Waals surface area contributed by atoms with Gasteiger partial charge in [-0.15, -0.1) is 0 Å². The minimum Gasteiger partial charge on any atom is -0.303 e. The highest BCUT2D eigenvalue weighted by molar-refractivity contribution is 7.91. The largest absolute Gasteiger partial charge is 0.303 e. The maximum Gasteiger partial charge on any atom is 0.182 e. The number of rotatable bonds is 6. The molecule has 0 heterocycles. The van der Waals surface area contributed by atoms with E-state index in [9.17, 15) is 12.8 Å². The summed E-state index contributed by atoms with van der Waals surface area (Å²) in [6, 6.07) is 5.50. The van der Waals surface area contributed by atoms with Crippen LogP contribution in [0.15, 0.2) is 29.2 Å². The van der Waals surface area contributed by atoms with Crippen LogP contribution in [0.3, 0.4) is 0 Å². The highest BCUT2D eigenvalue weighted by Gasteiger charge is 2.19. The van der Waals surface area contributed by atoms with Crippen molar-refractivity contribution in [3.63, 3.8) is 0 Å². The van der Waals surface area contributed by atoms with Gasteiger partial charge in [-0.2, -0.15) is 0 Å². The number of hydrogen-bond acceptors (Lipinski definition) is 3. The molecule has 96 valence electrons. The Kier molecular flexibility index (Phi) is 5.08. The summed E-state index contributed by atoms with van der Waals surface area (Å²) in [4.78, 5) is 1.80. The molecule has 1 aromatic rings. The van der Waals surface area contributed by atoms with Gasteiger partial charge >= 0.3 is 0 Å². The maximum atomic E-state index is 13.4. The summed E-state index contributed by atoms with van der Waals surface area (Å²) in [5.41, 5.74) is 0. The fourth-order valence-corrected chi connectivity index (χ4v) is 2.97. The molecule has 0 N–H and O–H groups in total. The lowest BCUT2D eigenvalue weighted by atomic mass is 10.3. The lowest BCUT2D eigenvalue weighted by Crippen LogP contribution is -2.29. The maximum absolute atomic E-state index is 13.4. The monoisotopic (exact) mass is 259 g/mol. The Labute approximate surface area is 102 Å². The molecule has 0 aromatic heterocycles. The summed E-state index contributed by atoms with van der Waals surface area (Å²) < 4.78 is 37.2. The molecule has 17 heavy (non-hydrogen) atoms. The zero-order chi connectivity index (χ0) is 12.9. The quantitative estimate of drug-likeness (QED) is 0.783. The van der Waals surface area contributed by atoms with Gasteiger partial charge in [0.25, 0.3) is 0 Å². The highest BCUT2D eigenvalue weighted by atomic mass is 32.2. The molecule has 0 unspecified atom stereocenters. The minimum absolute atomic E-state index is 0.0460. The van der Waals surface area contributed by atoms with Crippen LogP contribution in [0.25, 0.3) is 0 Å². The van der Waals surface area contributed by atoms with E-state index in [1.165, 1.54) is 24.3 Å². The second-order valence-corrected chi connectivity index (χ2v) is 5.85. The first-order valence-corrected chi connectivity index (χ1v) is 7.36. The van der Waals surface area contributed by atoms with Crippen molar-refractivity contribution in [2.24, 2.45) is 0 Å². The molecule has 5 heteroatoms. The van der Waals surface area contributed by atoms with E-state index in [-0.39, 0.29) is 10.6 Å². The Morgan fingerprint density at radius 3 is 2.29 bits per heavy atom. The Balaban J connectivity index is 2.80. The zero-order valence-corrected chi connectivity index (χ0v) is 11.0. The van der Waals surface area contributed by atoms with Crippen molar-refractivity contribution in [3.05, 3.63) is 30.1 Å². The van der Waals surface area contributed by atoms with E-state index in [1.54, 1.807) is 0 Å². The Bertz CT molecular complexity index is 455. The first-order valence-electron chi connectivity index (χ1n) is 5.71. The first kappa shape index (κ1) is 14.1. The normalized spacial score (nSPS) is 12.0. The molecule has 0 fully saturated rings. The summed E-state index contributed by atoms with van der Waals surface area (Å²) in [7, 11) is -3.52. The van der Waals surface area contributed by atoms with Crippen LogP contribution in [0.1, 0.15) is 13.8 Å². The molecular weight excluding hydrogens is 241 g/mol. The van der Waals surface area contributed by atoms with Gasteiger partial charge in [0.2, 0.25) is 0 Å². The van der Waals surface area contributed by atoms with Crippen LogP contribution in [0, 0.1) is 5.82 Å². The van der Waals surface area contributed by atoms with Crippen LogP contribution < -0.4 is 0 Å². The molecule has 0 amide bonds. The van der Waals surface area contributed by atoms with Crippen LogP contribution in [0.4, 0.5) is 4.39 Å². The van der Waals surface area contributed by atoms with E-state index >= 15 is 0 Å². The van der Waals surface area contributed by atoms with E-state index in [0.29, 0.717) is 6.54 Å². The fraction of sp³-hybridized carbons (Fsp3) is 0.500. The Morgan fingerprint density at radius 1 is 1.18 bits per heavy atom. The number of nitrogens with zero attached hydrogens (tertiary/aromatic N) is 1. The summed E-state index contributed by atoms with van der Waals surface area (Å²) in [6.45, 7) is 5.97. The summed E-state index contributed by atoms with van der Waals surface area (Å²) in [5, 5.41) is 0. The standard InChI is InChI=1S/C12H18FNO2S/c1-3-14(4-2)9-10-17(15,16)12-8-6-5-7-11(12)13/h5-8H,3-4,9-10H2,1-2H3. The molecule has 0 aliphatic heterocycles. The first-order chi connectivity index (χ1) is 8.01. The highest BCUT2D eigenvalue weighted by Crippen LogP contribution is 2.15. The predicted octanol–water partition coefficient (Wildman–Crippen LogP) is 1.94. The zero-order valence-electron chi connectivity index (χ0n) is 10.2. The third-order valence-electron chi connectivity index (χ3n) is 2.74. The van der Waals surface area contributed by atoms with Gasteiger partial charge in [-0.25, -0.2) is 12.8 Å². The van der Waals surface area contributed by atoms with Gasteiger partial charge in [0.05, 0.1) is 5.75 Å². The number of halogens is 1. The van der Waals surface area contributed by atoms with Crippen molar-refractivity contribution in [3.8, 4) is 0 Å². The molecule has 0 radical (unpaired) electrons. The van der Waals surface area contributed by atoms with E-state index in [4.69, 9.17) is 0 Å². The molecule has 0 spiro atoms. The molecule has 0 bridgehead atoms. The summed E-state index contributed by atoms with van der Waals surface area (Å²) >= 11 is 0. The third-order valence-corrected chi connectivity index (χ3v) is 4.46. The van der Waals surface area contributed by atoms with Gasteiger partial charge in [-0.3, -0.25) is 0 Å².